The minimum Gasteiger partial charge on any atom is -0.363 e. The van der Waals surface area contributed by atoms with Gasteiger partial charge in [0.25, 0.3) is 0 Å². The third kappa shape index (κ3) is 3.55. The van der Waals surface area contributed by atoms with Crippen LogP contribution in [0.5, 0.6) is 0 Å². The van der Waals surface area contributed by atoms with Crippen LogP contribution in [0.1, 0.15) is 5.82 Å². The van der Waals surface area contributed by atoms with E-state index in [0.717, 1.165) is 4.88 Å². The van der Waals surface area contributed by atoms with Crippen LogP contribution < -0.4 is 10.0 Å². The average molecular weight is 350 g/mol. The van der Waals surface area contributed by atoms with Gasteiger partial charge in [0.1, 0.15) is 16.5 Å². The minimum atomic E-state index is -3.47. The summed E-state index contributed by atoms with van der Waals surface area (Å²) < 4.78 is 25.5. The van der Waals surface area contributed by atoms with E-state index in [2.05, 4.69) is 30.2 Å². The van der Waals surface area contributed by atoms with Gasteiger partial charge in [0.15, 0.2) is 5.82 Å². The Bertz CT molecular complexity index is 872. The normalized spacial score (nSPS) is 11.5. The van der Waals surface area contributed by atoms with Crippen LogP contribution in [0.25, 0.3) is 10.7 Å². The van der Waals surface area contributed by atoms with E-state index >= 15 is 0 Å². The van der Waals surface area contributed by atoms with Crippen molar-refractivity contribution < 1.29 is 8.42 Å². The van der Waals surface area contributed by atoms with Gasteiger partial charge in [-0.2, -0.15) is 5.10 Å². The predicted octanol–water partition coefficient (Wildman–Crippen LogP) is 1.45. The standard InChI is InChI=1S/C13H14N6O2S2/c1-14-23(20,21)9-4-5-11(15-7-9)16-8-12-17-13(19-18-12)10-3-2-6-22-10/h2-7,14H,8H2,1H3,(H,15,16)(H,17,18,19). The third-order valence-electron chi connectivity index (χ3n) is 3.03. The van der Waals surface area contributed by atoms with Gasteiger partial charge in [-0.25, -0.2) is 23.1 Å². The Labute approximate surface area is 137 Å². The number of hydrogen-bond donors (Lipinski definition) is 3. The first kappa shape index (κ1) is 15.6. The third-order valence-corrected chi connectivity index (χ3v) is 5.29. The van der Waals surface area contributed by atoms with Crippen molar-refractivity contribution in [3.05, 3.63) is 41.7 Å². The fourth-order valence-corrected chi connectivity index (χ4v) is 3.16. The maximum Gasteiger partial charge on any atom is 0.241 e. The number of nitrogens with zero attached hydrogens (tertiary/aromatic N) is 3. The molecule has 0 spiro atoms. The molecule has 3 aromatic heterocycles. The van der Waals surface area contributed by atoms with Crippen LogP contribution in [-0.4, -0.2) is 35.6 Å². The molecule has 0 saturated carbocycles. The second-order valence-electron chi connectivity index (χ2n) is 4.52. The summed E-state index contributed by atoms with van der Waals surface area (Å²) >= 11 is 1.57. The van der Waals surface area contributed by atoms with E-state index in [0.29, 0.717) is 24.0 Å². The maximum absolute atomic E-state index is 11.6. The van der Waals surface area contributed by atoms with Crippen molar-refractivity contribution in [2.24, 2.45) is 0 Å². The molecule has 0 aliphatic rings. The molecule has 3 rings (SSSR count). The van der Waals surface area contributed by atoms with E-state index in [1.807, 2.05) is 17.5 Å². The average Bonchev–Trinajstić information content (AvgIpc) is 3.24. The Morgan fingerprint density at radius 2 is 2.17 bits per heavy atom. The zero-order valence-electron chi connectivity index (χ0n) is 12.1. The molecule has 0 fully saturated rings. The summed E-state index contributed by atoms with van der Waals surface area (Å²) in [4.78, 5) is 9.57. The molecular weight excluding hydrogens is 336 g/mol. The van der Waals surface area contributed by atoms with Crippen molar-refractivity contribution >= 4 is 27.2 Å². The topological polar surface area (TPSA) is 113 Å². The van der Waals surface area contributed by atoms with E-state index in [1.54, 1.807) is 17.4 Å². The lowest BCUT2D eigenvalue weighted by Gasteiger charge is -2.05. The lowest BCUT2D eigenvalue weighted by Crippen LogP contribution is -2.18. The number of rotatable bonds is 6. The lowest BCUT2D eigenvalue weighted by molar-refractivity contribution is 0.588. The number of hydrogen-bond acceptors (Lipinski definition) is 7. The molecule has 10 heteroatoms. The van der Waals surface area contributed by atoms with Gasteiger partial charge in [0, 0.05) is 6.20 Å². The second kappa shape index (κ2) is 6.44. The summed E-state index contributed by atoms with van der Waals surface area (Å²) in [7, 11) is -2.11. The predicted molar refractivity (Wildman–Crippen MR) is 87.5 cm³/mol. The summed E-state index contributed by atoms with van der Waals surface area (Å²) in [6, 6.07) is 6.98. The molecular formula is C13H14N6O2S2. The molecule has 0 radical (unpaired) electrons. The van der Waals surface area contributed by atoms with Gasteiger partial charge < -0.3 is 5.32 Å². The van der Waals surface area contributed by atoms with Gasteiger partial charge in [-0.1, -0.05) is 6.07 Å². The Kier molecular flexibility index (Phi) is 4.37. The molecule has 3 N–H and O–H groups in total. The van der Waals surface area contributed by atoms with Crippen LogP contribution in [0.15, 0.2) is 40.7 Å². The summed E-state index contributed by atoms with van der Waals surface area (Å²) in [5.41, 5.74) is 0. The van der Waals surface area contributed by atoms with Crippen LogP contribution in [0, 0.1) is 0 Å². The SMILES string of the molecule is CNS(=O)(=O)c1ccc(NCc2nc(-c3cccs3)n[nH]2)nc1. The number of nitrogens with one attached hydrogen (secondary N) is 3. The number of aromatic amines is 1. The fourth-order valence-electron chi connectivity index (χ4n) is 1.83. The molecule has 0 aliphatic heterocycles. The fraction of sp³-hybridized carbons (Fsp3) is 0.154. The zero-order valence-corrected chi connectivity index (χ0v) is 13.8. The van der Waals surface area contributed by atoms with Gasteiger partial charge in [0.05, 0.1) is 11.4 Å². The molecule has 23 heavy (non-hydrogen) atoms. The van der Waals surface area contributed by atoms with Crippen molar-refractivity contribution in [2.45, 2.75) is 11.4 Å². The van der Waals surface area contributed by atoms with Crippen molar-refractivity contribution in [3.63, 3.8) is 0 Å². The lowest BCUT2D eigenvalue weighted by atomic mass is 10.4. The summed E-state index contributed by atoms with van der Waals surface area (Å²) in [6.07, 6.45) is 1.30. The number of thiophene rings is 1. The number of pyridine rings is 1. The molecule has 120 valence electrons. The Hall–Kier alpha value is -2.30. The summed E-state index contributed by atoms with van der Waals surface area (Å²) in [6.45, 7) is 0.406. The van der Waals surface area contributed by atoms with Crippen LogP contribution in [0.3, 0.4) is 0 Å². The zero-order chi connectivity index (χ0) is 16.3. The first-order chi connectivity index (χ1) is 11.1. The second-order valence-corrected chi connectivity index (χ2v) is 7.36. The van der Waals surface area contributed by atoms with Gasteiger partial charge in [-0.3, -0.25) is 5.10 Å². The van der Waals surface area contributed by atoms with Crippen LogP contribution >= 0.6 is 11.3 Å². The number of sulfonamides is 1. The largest absolute Gasteiger partial charge is 0.363 e. The molecule has 3 heterocycles. The highest BCUT2D eigenvalue weighted by atomic mass is 32.2. The molecule has 0 saturated heterocycles. The Morgan fingerprint density at radius 3 is 2.83 bits per heavy atom. The molecule has 3 aromatic rings. The molecule has 0 aliphatic carbocycles. The molecule has 0 unspecified atom stereocenters. The smallest absolute Gasteiger partial charge is 0.241 e. The van der Waals surface area contributed by atoms with E-state index in [4.69, 9.17) is 0 Å². The van der Waals surface area contributed by atoms with E-state index in [9.17, 15) is 8.42 Å². The Morgan fingerprint density at radius 1 is 1.30 bits per heavy atom. The van der Waals surface area contributed by atoms with Gasteiger partial charge >= 0.3 is 0 Å². The molecule has 0 atom stereocenters. The van der Waals surface area contributed by atoms with E-state index < -0.39 is 10.0 Å². The quantitative estimate of drug-likeness (QED) is 0.620. The van der Waals surface area contributed by atoms with E-state index in [-0.39, 0.29) is 4.90 Å². The van der Waals surface area contributed by atoms with Crippen molar-refractivity contribution in [1.82, 2.24) is 24.9 Å². The van der Waals surface area contributed by atoms with Crippen molar-refractivity contribution in [1.29, 1.82) is 0 Å². The molecule has 0 aromatic carbocycles. The van der Waals surface area contributed by atoms with Crippen LogP contribution in [0.4, 0.5) is 5.82 Å². The van der Waals surface area contributed by atoms with Gasteiger partial charge in [0.2, 0.25) is 10.0 Å². The first-order valence-corrected chi connectivity index (χ1v) is 9.03. The first-order valence-electron chi connectivity index (χ1n) is 6.67. The number of H-pyrrole nitrogens is 1. The monoisotopic (exact) mass is 350 g/mol. The van der Waals surface area contributed by atoms with Gasteiger partial charge in [-0.05, 0) is 30.6 Å². The van der Waals surface area contributed by atoms with Crippen molar-refractivity contribution in [2.75, 3.05) is 12.4 Å². The highest BCUT2D eigenvalue weighted by molar-refractivity contribution is 7.89. The van der Waals surface area contributed by atoms with Crippen molar-refractivity contribution in [3.8, 4) is 10.7 Å². The van der Waals surface area contributed by atoms with Crippen LogP contribution in [-0.2, 0) is 16.6 Å². The summed E-state index contributed by atoms with van der Waals surface area (Å²) in [5.74, 6) is 1.87. The maximum atomic E-state index is 11.6. The summed E-state index contributed by atoms with van der Waals surface area (Å²) in [5, 5.41) is 12.0. The highest BCUT2D eigenvalue weighted by Crippen LogP contribution is 2.20. The molecule has 0 bridgehead atoms. The number of anilines is 1. The van der Waals surface area contributed by atoms with Gasteiger partial charge in [-0.15, -0.1) is 11.3 Å². The highest BCUT2D eigenvalue weighted by Gasteiger charge is 2.11. The molecule has 8 nitrogen and oxygen atoms in total. The number of aromatic nitrogens is 4. The van der Waals surface area contributed by atoms with E-state index in [1.165, 1.54) is 19.3 Å². The minimum absolute atomic E-state index is 0.116. The van der Waals surface area contributed by atoms with Crippen LogP contribution in [0.2, 0.25) is 0 Å². The molecule has 0 amide bonds. The Balaban J connectivity index is 1.65.